The molecule has 0 fully saturated rings. The molecule has 1 heterocycles. The van der Waals surface area contributed by atoms with E-state index in [0.717, 1.165) is 35.9 Å². The number of unbranched alkanes of at least 4 members (excludes halogenated alkanes) is 1. The lowest BCUT2D eigenvalue weighted by molar-refractivity contribution is 0.101. The Hall–Kier alpha value is -2.46. The minimum atomic E-state index is -0.129. The molecule has 136 valence electrons. The van der Waals surface area contributed by atoms with Crippen molar-refractivity contribution in [1.82, 2.24) is 4.57 Å². The Kier molecular flexibility index (Phi) is 5.52. The van der Waals surface area contributed by atoms with Gasteiger partial charge in [0.25, 0.3) is 5.91 Å². The average molecular weight is 371 g/mol. The van der Waals surface area contributed by atoms with E-state index in [1.807, 2.05) is 19.1 Å². The van der Waals surface area contributed by atoms with Crippen LogP contribution in [0.25, 0.3) is 10.9 Å². The number of methoxy groups -OCH3 is 1. The molecule has 1 amide bonds. The molecule has 0 spiro atoms. The van der Waals surface area contributed by atoms with Gasteiger partial charge in [0.2, 0.25) is 0 Å². The van der Waals surface area contributed by atoms with Crippen LogP contribution in [0.4, 0.5) is 5.69 Å². The van der Waals surface area contributed by atoms with E-state index in [9.17, 15) is 4.79 Å². The van der Waals surface area contributed by atoms with E-state index in [1.165, 1.54) is 0 Å². The van der Waals surface area contributed by atoms with E-state index in [-0.39, 0.29) is 5.91 Å². The number of benzene rings is 2. The van der Waals surface area contributed by atoms with Crippen LogP contribution in [0, 0.1) is 6.92 Å². The Labute approximate surface area is 158 Å². The summed E-state index contributed by atoms with van der Waals surface area (Å²) in [4.78, 5) is 13.0. The van der Waals surface area contributed by atoms with Gasteiger partial charge in [0.15, 0.2) is 0 Å². The molecule has 5 heteroatoms. The van der Waals surface area contributed by atoms with Crippen molar-refractivity contribution in [1.29, 1.82) is 0 Å². The van der Waals surface area contributed by atoms with Gasteiger partial charge in [-0.3, -0.25) is 4.79 Å². The molecule has 0 aliphatic rings. The molecule has 0 unspecified atom stereocenters. The Bertz CT molecular complexity index is 947. The fraction of sp³-hybridized carbons (Fsp3) is 0.286. The van der Waals surface area contributed by atoms with E-state index >= 15 is 0 Å². The number of para-hydroxylation sites is 1. The molecule has 1 N–H and O–H groups in total. The summed E-state index contributed by atoms with van der Waals surface area (Å²) in [6.45, 7) is 4.97. The second kappa shape index (κ2) is 7.83. The number of hydrogen-bond acceptors (Lipinski definition) is 2. The normalized spacial score (nSPS) is 10.9. The molecular weight excluding hydrogens is 348 g/mol. The minimum absolute atomic E-state index is 0.129. The number of carbonyl (C=O) groups is 1. The molecule has 3 aromatic rings. The van der Waals surface area contributed by atoms with Gasteiger partial charge in [-0.15, -0.1) is 0 Å². The van der Waals surface area contributed by atoms with Crippen LogP contribution in [-0.4, -0.2) is 17.6 Å². The van der Waals surface area contributed by atoms with Crippen molar-refractivity contribution < 1.29 is 9.53 Å². The maximum absolute atomic E-state index is 13.0. The quantitative estimate of drug-likeness (QED) is 0.608. The summed E-state index contributed by atoms with van der Waals surface area (Å²) in [7, 11) is 1.56. The lowest BCUT2D eigenvalue weighted by atomic mass is 10.1. The number of aromatic nitrogens is 1. The predicted molar refractivity (Wildman–Crippen MR) is 108 cm³/mol. The summed E-state index contributed by atoms with van der Waals surface area (Å²) in [5.41, 5.74) is 3.43. The fourth-order valence-electron chi connectivity index (χ4n) is 3.25. The lowest BCUT2D eigenvalue weighted by Crippen LogP contribution is -2.18. The summed E-state index contributed by atoms with van der Waals surface area (Å²) in [6, 6.07) is 13.4. The molecule has 3 rings (SSSR count). The van der Waals surface area contributed by atoms with Crippen LogP contribution >= 0.6 is 11.6 Å². The number of amides is 1. The summed E-state index contributed by atoms with van der Waals surface area (Å²) < 4.78 is 7.28. The van der Waals surface area contributed by atoms with Gasteiger partial charge in [0.1, 0.15) is 11.4 Å². The fourth-order valence-corrected chi connectivity index (χ4v) is 3.51. The Balaban J connectivity index is 1.99. The summed E-state index contributed by atoms with van der Waals surface area (Å²) in [5, 5.41) is 4.55. The number of rotatable bonds is 6. The van der Waals surface area contributed by atoms with Crippen LogP contribution in [0.1, 0.15) is 35.8 Å². The minimum Gasteiger partial charge on any atom is -0.495 e. The predicted octanol–water partition coefficient (Wildman–Crippen LogP) is 5.66. The van der Waals surface area contributed by atoms with E-state index in [4.69, 9.17) is 16.3 Å². The largest absolute Gasteiger partial charge is 0.495 e. The lowest BCUT2D eigenvalue weighted by Gasteiger charge is -2.12. The topological polar surface area (TPSA) is 43.3 Å². The number of fused-ring (bicyclic) bond motifs is 1. The Morgan fingerprint density at radius 2 is 2.00 bits per heavy atom. The summed E-state index contributed by atoms with van der Waals surface area (Å²) in [5.74, 6) is 0.453. The van der Waals surface area contributed by atoms with Crippen molar-refractivity contribution in [3.8, 4) is 5.75 Å². The Morgan fingerprint density at radius 3 is 2.69 bits per heavy atom. The molecular formula is C21H23ClN2O2. The van der Waals surface area contributed by atoms with E-state index in [1.54, 1.807) is 25.3 Å². The molecule has 26 heavy (non-hydrogen) atoms. The zero-order chi connectivity index (χ0) is 18.7. The highest BCUT2D eigenvalue weighted by molar-refractivity contribution is 6.32. The molecule has 1 aromatic heterocycles. The molecule has 0 atom stereocenters. The molecule has 0 aliphatic heterocycles. The first-order valence-corrected chi connectivity index (χ1v) is 9.17. The highest BCUT2D eigenvalue weighted by Gasteiger charge is 2.20. The highest BCUT2D eigenvalue weighted by atomic mass is 35.5. The third-order valence-electron chi connectivity index (χ3n) is 4.58. The number of anilines is 1. The third kappa shape index (κ3) is 3.42. The van der Waals surface area contributed by atoms with Gasteiger partial charge < -0.3 is 14.6 Å². The zero-order valence-corrected chi connectivity index (χ0v) is 16.1. The summed E-state index contributed by atoms with van der Waals surface area (Å²) >= 11 is 6.17. The van der Waals surface area contributed by atoms with Crippen molar-refractivity contribution >= 4 is 34.1 Å². The molecule has 0 saturated carbocycles. The smallest absolute Gasteiger partial charge is 0.272 e. The second-order valence-corrected chi connectivity index (χ2v) is 6.71. The number of aryl methyl sites for hydroxylation is 2. The van der Waals surface area contributed by atoms with E-state index < -0.39 is 0 Å². The second-order valence-electron chi connectivity index (χ2n) is 6.30. The monoisotopic (exact) mass is 370 g/mol. The van der Waals surface area contributed by atoms with Gasteiger partial charge in [-0.2, -0.15) is 0 Å². The standard InChI is InChI=1S/C21H23ClN2O2/c1-4-5-12-24-18-9-7-6-8-16(18)14(2)20(24)21(25)23-15-10-11-19(26-3)17(22)13-15/h6-11,13H,4-5,12H2,1-3H3,(H,23,25). The maximum atomic E-state index is 13.0. The number of hydrogen-bond donors (Lipinski definition) is 1. The molecule has 0 radical (unpaired) electrons. The number of nitrogens with one attached hydrogen (secondary N) is 1. The first kappa shape index (κ1) is 18.3. The molecule has 2 aromatic carbocycles. The van der Waals surface area contributed by atoms with Gasteiger partial charge in [-0.05, 0) is 43.2 Å². The number of ether oxygens (including phenoxy) is 1. The van der Waals surface area contributed by atoms with Gasteiger partial charge in [0.05, 0.1) is 12.1 Å². The average Bonchev–Trinajstić information content (AvgIpc) is 2.92. The van der Waals surface area contributed by atoms with Gasteiger partial charge in [-0.25, -0.2) is 0 Å². The molecule has 0 saturated heterocycles. The maximum Gasteiger partial charge on any atom is 0.272 e. The number of carbonyl (C=O) groups excluding carboxylic acids is 1. The molecule has 0 bridgehead atoms. The molecule has 0 aliphatic carbocycles. The van der Waals surface area contributed by atoms with Crippen molar-refractivity contribution in [2.24, 2.45) is 0 Å². The van der Waals surface area contributed by atoms with E-state index in [2.05, 4.69) is 28.9 Å². The van der Waals surface area contributed by atoms with Crippen LogP contribution in [0.15, 0.2) is 42.5 Å². The van der Waals surface area contributed by atoms with Crippen LogP contribution in [0.3, 0.4) is 0 Å². The SMILES string of the molecule is CCCCn1c(C(=O)Nc2ccc(OC)c(Cl)c2)c(C)c2ccccc21. The zero-order valence-electron chi connectivity index (χ0n) is 15.3. The summed E-state index contributed by atoms with van der Waals surface area (Å²) in [6.07, 6.45) is 2.09. The van der Waals surface area contributed by atoms with Crippen molar-refractivity contribution in [2.75, 3.05) is 12.4 Å². The number of nitrogens with zero attached hydrogens (tertiary/aromatic N) is 1. The third-order valence-corrected chi connectivity index (χ3v) is 4.88. The first-order valence-electron chi connectivity index (χ1n) is 8.79. The van der Waals surface area contributed by atoms with Crippen LogP contribution in [-0.2, 0) is 6.54 Å². The van der Waals surface area contributed by atoms with Gasteiger partial charge in [0, 0.05) is 23.1 Å². The Morgan fingerprint density at radius 1 is 1.23 bits per heavy atom. The van der Waals surface area contributed by atoms with Crippen molar-refractivity contribution in [2.45, 2.75) is 33.2 Å². The van der Waals surface area contributed by atoms with Crippen molar-refractivity contribution in [3.63, 3.8) is 0 Å². The van der Waals surface area contributed by atoms with Crippen LogP contribution in [0.2, 0.25) is 5.02 Å². The van der Waals surface area contributed by atoms with Gasteiger partial charge in [-0.1, -0.05) is 43.1 Å². The number of halogens is 1. The highest BCUT2D eigenvalue weighted by Crippen LogP contribution is 2.29. The van der Waals surface area contributed by atoms with Crippen LogP contribution in [0.5, 0.6) is 5.75 Å². The van der Waals surface area contributed by atoms with Crippen molar-refractivity contribution in [3.05, 3.63) is 58.7 Å². The van der Waals surface area contributed by atoms with Crippen LogP contribution < -0.4 is 10.1 Å². The first-order chi connectivity index (χ1) is 12.6. The molecule has 4 nitrogen and oxygen atoms in total. The van der Waals surface area contributed by atoms with Gasteiger partial charge >= 0.3 is 0 Å². The van der Waals surface area contributed by atoms with E-state index in [0.29, 0.717) is 22.2 Å².